The van der Waals surface area contributed by atoms with Crippen molar-refractivity contribution in [2.24, 2.45) is 0 Å². The first kappa shape index (κ1) is 9.34. The zero-order valence-electron chi connectivity index (χ0n) is 7.75. The van der Waals surface area contributed by atoms with Gasteiger partial charge in [0.05, 0.1) is 7.11 Å². The lowest BCUT2D eigenvalue weighted by atomic mass is 10.1. The number of fused-ring (bicyclic) bond motifs is 1. The van der Waals surface area contributed by atoms with Crippen molar-refractivity contribution in [2.75, 3.05) is 12.8 Å². The maximum absolute atomic E-state index is 5.77. The van der Waals surface area contributed by atoms with E-state index in [4.69, 9.17) is 10.5 Å². The lowest BCUT2D eigenvalue weighted by Gasteiger charge is -2.07. The molecule has 0 heterocycles. The molecule has 2 rings (SSSR count). The Bertz CT molecular complexity index is 482. The highest BCUT2D eigenvalue weighted by molar-refractivity contribution is 9.10. The summed E-state index contributed by atoms with van der Waals surface area (Å²) in [5.74, 6) is 0.807. The average molecular weight is 252 g/mol. The minimum absolute atomic E-state index is 0.709. The second kappa shape index (κ2) is 3.50. The van der Waals surface area contributed by atoms with Gasteiger partial charge in [-0.3, -0.25) is 0 Å². The van der Waals surface area contributed by atoms with E-state index in [1.54, 1.807) is 7.11 Å². The normalized spacial score (nSPS) is 10.4. The van der Waals surface area contributed by atoms with Gasteiger partial charge >= 0.3 is 0 Å². The molecular formula is C11H10BrNO. The molecule has 0 saturated carbocycles. The van der Waals surface area contributed by atoms with Crippen LogP contribution in [0.1, 0.15) is 0 Å². The second-order valence-electron chi connectivity index (χ2n) is 3.06. The fourth-order valence-electron chi connectivity index (χ4n) is 1.50. The molecule has 72 valence electrons. The molecule has 2 nitrogen and oxygen atoms in total. The molecule has 0 aromatic heterocycles. The van der Waals surface area contributed by atoms with Gasteiger partial charge in [0.1, 0.15) is 5.75 Å². The predicted octanol–water partition coefficient (Wildman–Crippen LogP) is 3.19. The fraction of sp³-hybridized carbons (Fsp3) is 0.0909. The summed E-state index contributed by atoms with van der Waals surface area (Å²) < 4.78 is 6.29. The number of rotatable bonds is 1. The first-order valence-corrected chi connectivity index (χ1v) is 5.03. The molecule has 0 spiro atoms. The summed E-state index contributed by atoms with van der Waals surface area (Å²) in [7, 11) is 1.65. The Hall–Kier alpha value is -1.22. The Balaban J connectivity index is 2.87. The van der Waals surface area contributed by atoms with Crippen molar-refractivity contribution in [3.05, 3.63) is 34.8 Å². The van der Waals surface area contributed by atoms with Gasteiger partial charge in [0.2, 0.25) is 0 Å². The van der Waals surface area contributed by atoms with Crippen molar-refractivity contribution in [3.8, 4) is 5.75 Å². The molecule has 14 heavy (non-hydrogen) atoms. The second-order valence-corrected chi connectivity index (χ2v) is 3.91. The smallest absolute Gasteiger partial charge is 0.128 e. The number of methoxy groups -OCH3 is 1. The highest BCUT2D eigenvalue weighted by Gasteiger charge is 2.04. The van der Waals surface area contributed by atoms with E-state index >= 15 is 0 Å². The van der Waals surface area contributed by atoms with E-state index in [1.807, 2.05) is 30.3 Å². The summed E-state index contributed by atoms with van der Waals surface area (Å²) in [4.78, 5) is 0. The molecule has 0 radical (unpaired) electrons. The molecule has 2 aromatic carbocycles. The predicted molar refractivity (Wildman–Crippen MR) is 62.6 cm³/mol. The molecule has 2 aromatic rings. The number of nitrogens with two attached hydrogens (primary N) is 1. The van der Waals surface area contributed by atoms with Gasteiger partial charge in [0, 0.05) is 27.0 Å². The number of hydrogen-bond donors (Lipinski definition) is 1. The fourth-order valence-corrected chi connectivity index (χ4v) is 1.99. The van der Waals surface area contributed by atoms with Gasteiger partial charge in [0.15, 0.2) is 0 Å². The molecule has 0 aliphatic carbocycles. The molecule has 0 unspecified atom stereocenters. The third-order valence-corrected chi connectivity index (χ3v) is 2.84. The minimum atomic E-state index is 0.709. The minimum Gasteiger partial charge on any atom is -0.496 e. The lowest BCUT2D eigenvalue weighted by molar-refractivity contribution is 0.420. The van der Waals surface area contributed by atoms with Gasteiger partial charge in [-0.15, -0.1) is 0 Å². The summed E-state index contributed by atoms with van der Waals surface area (Å²) in [6.07, 6.45) is 0. The number of ether oxygens (including phenoxy) is 1. The standard InChI is InChI=1S/C11H10BrNO/c1-14-11-6-7(13)5-9-8(11)3-2-4-10(9)12/h2-6H,13H2,1H3. The largest absolute Gasteiger partial charge is 0.496 e. The van der Waals surface area contributed by atoms with E-state index < -0.39 is 0 Å². The molecule has 0 aliphatic heterocycles. The molecule has 0 saturated heterocycles. The van der Waals surface area contributed by atoms with Gasteiger partial charge < -0.3 is 10.5 Å². The van der Waals surface area contributed by atoms with E-state index in [1.165, 1.54) is 0 Å². The van der Waals surface area contributed by atoms with Crippen molar-refractivity contribution >= 4 is 32.4 Å². The SMILES string of the molecule is COc1cc(N)cc2c(Br)cccc12. The van der Waals surface area contributed by atoms with E-state index in [0.717, 1.165) is 21.0 Å². The molecule has 0 fully saturated rings. The maximum Gasteiger partial charge on any atom is 0.128 e. The maximum atomic E-state index is 5.77. The summed E-state index contributed by atoms with van der Waals surface area (Å²) in [6, 6.07) is 9.74. The highest BCUT2D eigenvalue weighted by Crippen LogP contribution is 2.32. The van der Waals surface area contributed by atoms with Crippen LogP contribution in [0.25, 0.3) is 10.8 Å². The van der Waals surface area contributed by atoms with Crippen LogP contribution in [0.15, 0.2) is 34.8 Å². The number of benzene rings is 2. The van der Waals surface area contributed by atoms with Crippen molar-refractivity contribution in [3.63, 3.8) is 0 Å². The van der Waals surface area contributed by atoms with Crippen molar-refractivity contribution in [1.82, 2.24) is 0 Å². The van der Waals surface area contributed by atoms with E-state index in [0.29, 0.717) is 5.69 Å². The van der Waals surface area contributed by atoms with E-state index in [9.17, 15) is 0 Å². The van der Waals surface area contributed by atoms with Crippen LogP contribution in [0, 0.1) is 0 Å². The zero-order valence-corrected chi connectivity index (χ0v) is 9.34. The first-order chi connectivity index (χ1) is 6.72. The highest BCUT2D eigenvalue weighted by atomic mass is 79.9. The summed E-state index contributed by atoms with van der Waals surface area (Å²) in [5.41, 5.74) is 6.48. The zero-order chi connectivity index (χ0) is 10.1. The Morgan fingerprint density at radius 2 is 2.00 bits per heavy atom. The van der Waals surface area contributed by atoms with Gasteiger partial charge in [-0.1, -0.05) is 28.1 Å². The van der Waals surface area contributed by atoms with Gasteiger partial charge in [0.25, 0.3) is 0 Å². The summed E-state index contributed by atoms with van der Waals surface area (Å²) >= 11 is 3.48. The van der Waals surface area contributed by atoms with Gasteiger partial charge in [-0.2, -0.15) is 0 Å². The third-order valence-electron chi connectivity index (χ3n) is 2.15. The van der Waals surface area contributed by atoms with Crippen LogP contribution in [-0.4, -0.2) is 7.11 Å². The quantitative estimate of drug-likeness (QED) is 0.791. The average Bonchev–Trinajstić information content (AvgIpc) is 2.18. The monoisotopic (exact) mass is 251 g/mol. The molecular weight excluding hydrogens is 242 g/mol. The Kier molecular flexibility index (Phi) is 2.33. The van der Waals surface area contributed by atoms with Crippen LogP contribution in [0.2, 0.25) is 0 Å². The molecule has 0 atom stereocenters. The van der Waals surface area contributed by atoms with Crippen molar-refractivity contribution in [1.29, 1.82) is 0 Å². The summed E-state index contributed by atoms with van der Waals surface area (Å²) in [5, 5.41) is 2.14. The number of anilines is 1. The Labute approximate surface area is 90.8 Å². The van der Waals surface area contributed by atoms with Crippen molar-refractivity contribution in [2.45, 2.75) is 0 Å². The number of hydrogen-bond acceptors (Lipinski definition) is 2. The lowest BCUT2D eigenvalue weighted by Crippen LogP contribution is -1.90. The van der Waals surface area contributed by atoms with Crippen LogP contribution in [0.5, 0.6) is 5.75 Å². The van der Waals surface area contributed by atoms with Gasteiger partial charge in [-0.25, -0.2) is 0 Å². The Morgan fingerprint density at radius 3 is 2.71 bits per heavy atom. The third kappa shape index (κ3) is 1.44. The molecule has 0 bridgehead atoms. The molecule has 0 amide bonds. The molecule has 2 N–H and O–H groups in total. The van der Waals surface area contributed by atoms with E-state index in [2.05, 4.69) is 15.9 Å². The number of nitrogen functional groups attached to an aromatic ring is 1. The Morgan fingerprint density at radius 1 is 1.21 bits per heavy atom. The van der Waals surface area contributed by atoms with Crippen LogP contribution in [0.3, 0.4) is 0 Å². The van der Waals surface area contributed by atoms with Crippen LogP contribution in [-0.2, 0) is 0 Å². The van der Waals surface area contributed by atoms with Crippen LogP contribution >= 0.6 is 15.9 Å². The topological polar surface area (TPSA) is 35.2 Å². The molecule has 0 aliphatic rings. The number of halogens is 1. The molecule has 3 heteroatoms. The van der Waals surface area contributed by atoms with Gasteiger partial charge in [-0.05, 0) is 12.1 Å². The van der Waals surface area contributed by atoms with E-state index in [-0.39, 0.29) is 0 Å². The summed E-state index contributed by atoms with van der Waals surface area (Å²) in [6.45, 7) is 0. The van der Waals surface area contributed by atoms with Crippen molar-refractivity contribution < 1.29 is 4.74 Å². The van der Waals surface area contributed by atoms with Crippen LogP contribution < -0.4 is 10.5 Å². The van der Waals surface area contributed by atoms with Crippen LogP contribution in [0.4, 0.5) is 5.69 Å². The first-order valence-electron chi connectivity index (χ1n) is 4.24.